The van der Waals surface area contributed by atoms with Crippen LogP contribution in [0.4, 0.5) is 0 Å². The van der Waals surface area contributed by atoms with Crippen molar-refractivity contribution in [3.8, 4) is 0 Å². The molecular weight excluding hydrogens is 481 g/mol. The molecule has 1 aromatic heterocycles. The molecule has 1 saturated carbocycles. The molecule has 5 nitrogen and oxygen atoms in total. The van der Waals surface area contributed by atoms with E-state index in [0.29, 0.717) is 19.6 Å². The molecule has 0 N–H and O–H groups in total. The van der Waals surface area contributed by atoms with Gasteiger partial charge in [-0.3, -0.25) is 9.59 Å². The molecule has 0 atom stereocenters. The Labute approximate surface area is 220 Å². The van der Waals surface area contributed by atoms with Gasteiger partial charge in [0.1, 0.15) is 0 Å². The summed E-state index contributed by atoms with van der Waals surface area (Å²) in [4.78, 5) is 30.7. The largest absolute Gasteiger partial charge is 0.345 e. The molecule has 0 aliphatic heterocycles. The van der Waals surface area contributed by atoms with Crippen molar-refractivity contribution in [2.24, 2.45) is 5.41 Å². The van der Waals surface area contributed by atoms with Crippen LogP contribution in [-0.2, 0) is 22.7 Å². The van der Waals surface area contributed by atoms with Crippen LogP contribution in [0.15, 0.2) is 42.6 Å². The average Bonchev–Trinajstić information content (AvgIpc) is 3.30. The molecule has 7 heteroatoms. The molecule has 1 heterocycles. The van der Waals surface area contributed by atoms with Gasteiger partial charge in [0.2, 0.25) is 11.8 Å². The number of halogens is 2. The van der Waals surface area contributed by atoms with Crippen molar-refractivity contribution in [3.05, 3.63) is 58.9 Å². The summed E-state index contributed by atoms with van der Waals surface area (Å²) in [6, 6.07) is 12.1. The Morgan fingerprint density at radius 3 is 2.46 bits per heavy atom. The predicted octanol–water partition coefficient (Wildman–Crippen LogP) is 6.35. The normalized spacial score (nSPS) is 14.7. The van der Waals surface area contributed by atoms with Gasteiger partial charge in [-0.25, -0.2) is 0 Å². The lowest BCUT2D eigenvalue weighted by atomic mass is 9.93. The molecule has 192 valence electrons. The number of hydrogen-bond acceptors (Lipinski definition) is 2. The minimum absolute atomic E-state index is 0.00886. The SMILES string of the molecule is CCCN(CC(=O)N(Cc1cccn1Cc1ccccc1Cl)C1CCCCC1)C(=O)C(C)(C)CCl. The molecule has 1 aromatic carbocycles. The molecule has 0 bridgehead atoms. The number of rotatable bonds is 11. The second-order valence-corrected chi connectivity index (χ2v) is 11.0. The zero-order valence-corrected chi connectivity index (χ0v) is 22.8. The van der Waals surface area contributed by atoms with E-state index in [-0.39, 0.29) is 30.3 Å². The lowest BCUT2D eigenvalue weighted by Gasteiger charge is -2.37. The second kappa shape index (κ2) is 12.8. The maximum atomic E-state index is 13.8. The molecule has 3 rings (SSSR count). The van der Waals surface area contributed by atoms with Crippen molar-refractivity contribution in [2.45, 2.75) is 78.4 Å². The van der Waals surface area contributed by atoms with Crippen LogP contribution < -0.4 is 0 Å². The fourth-order valence-corrected chi connectivity index (χ4v) is 5.12. The molecular formula is C28H39Cl2N3O2. The fraction of sp³-hybridized carbons (Fsp3) is 0.571. The Morgan fingerprint density at radius 2 is 1.80 bits per heavy atom. The molecule has 0 saturated heterocycles. The van der Waals surface area contributed by atoms with Crippen molar-refractivity contribution >= 4 is 35.0 Å². The molecule has 0 spiro atoms. The Bertz CT molecular complexity index is 982. The summed E-state index contributed by atoms with van der Waals surface area (Å²) < 4.78 is 2.16. The number of carbonyl (C=O) groups is 2. The van der Waals surface area contributed by atoms with E-state index in [2.05, 4.69) is 10.6 Å². The maximum Gasteiger partial charge on any atom is 0.242 e. The quantitative estimate of drug-likeness (QED) is 0.324. The fourth-order valence-electron chi connectivity index (χ4n) is 4.81. The van der Waals surface area contributed by atoms with E-state index < -0.39 is 5.41 Å². The first-order valence-corrected chi connectivity index (χ1v) is 13.7. The van der Waals surface area contributed by atoms with Crippen molar-refractivity contribution in [1.82, 2.24) is 14.4 Å². The first kappa shape index (κ1) is 27.6. The Kier molecular flexibility index (Phi) is 10.1. The van der Waals surface area contributed by atoms with Crippen LogP contribution >= 0.6 is 23.2 Å². The van der Waals surface area contributed by atoms with Gasteiger partial charge in [-0.15, -0.1) is 11.6 Å². The van der Waals surface area contributed by atoms with Crippen LogP contribution in [0.5, 0.6) is 0 Å². The van der Waals surface area contributed by atoms with Crippen LogP contribution in [-0.4, -0.2) is 51.2 Å². The van der Waals surface area contributed by atoms with Gasteiger partial charge in [-0.05, 0) is 56.9 Å². The zero-order valence-electron chi connectivity index (χ0n) is 21.3. The van der Waals surface area contributed by atoms with Gasteiger partial charge in [-0.2, -0.15) is 0 Å². The lowest BCUT2D eigenvalue weighted by Crippen LogP contribution is -2.50. The highest BCUT2D eigenvalue weighted by Gasteiger charge is 2.34. The van der Waals surface area contributed by atoms with Crippen molar-refractivity contribution < 1.29 is 9.59 Å². The topological polar surface area (TPSA) is 45.6 Å². The van der Waals surface area contributed by atoms with Gasteiger partial charge in [-0.1, -0.05) is 56.0 Å². The van der Waals surface area contributed by atoms with E-state index in [1.807, 2.05) is 62.2 Å². The van der Waals surface area contributed by atoms with Gasteiger partial charge >= 0.3 is 0 Å². The van der Waals surface area contributed by atoms with Gasteiger partial charge in [0.05, 0.1) is 18.5 Å². The molecule has 2 aromatic rings. The summed E-state index contributed by atoms with van der Waals surface area (Å²) in [6.07, 6.45) is 8.32. The van der Waals surface area contributed by atoms with Crippen molar-refractivity contribution in [1.29, 1.82) is 0 Å². The third kappa shape index (κ3) is 7.27. The summed E-state index contributed by atoms with van der Waals surface area (Å²) in [7, 11) is 0. The Morgan fingerprint density at radius 1 is 1.09 bits per heavy atom. The van der Waals surface area contributed by atoms with Crippen molar-refractivity contribution in [2.75, 3.05) is 19.0 Å². The van der Waals surface area contributed by atoms with Crippen LogP contribution in [0.1, 0.15) is 70.6 Å². The highest BCUT2D eigenvalue weighted by molar-refractivity contribution is 6.31. The minimum atomic E-state index is -0.698. The highest BCUT2D eigenvalue weighted by Crippen LogP contribution is 2.26. The third-order valence-corrected chi connectivity index (χ3v) is 7.95. The monoisotopic (exact) mass is 519 g/mol. The Hall–Kier alpha value is -1.98. The molecule has 0 unspecified atom stereocenters. The maximum absolute atomic E-state index is 13.8. The number of hydrogen-bond donors (Lipinski definition) is 0. The van der Waals surface area contributed by atoms with Crippen LogP contribution in [0, 0.1) is 5.41 Å². The number of carbonyl (C=O) groups excluding carboxylic acids is 2. The first-order chi connectivity index (χ1) is 16.8. The van der Waals surface area contributed by atoms with E-state index >= 15 is 0 Å². The average molecular weight is 521 g/mol. The Balaban J connectivity index is 1.82. The van der Waals surface area contributed by atoms with Crippen molar-refractivity contribution in [3.63, 3.8) is 0 Å². The second-order valence-electron chi connectivity index (χ2n) is 10.3. The third-order valence-electron chi connectivity index (χ3n) is 6.91. The van der Waals surface area contributed by atoms with E-state index in [4.69, 9.17) is 23.2 Å². The molecule has 1 fully saturated rings. The standard InChI is InChI=1S/C28H39Cl2N3O2/c1-4-16-32(27(35)28(2,3)21-29)20-26(34)33(23-12-6-5-7-13-23)19-24-14-10-17-31(24)18-22-11-8-9-15-25(22)30/h8-11,14-15,17,23H,4-7,12-13,16,18-21H2,1-3H3. The number of benzene rings is 1. The summed E-state index contributed by atoms with van der Waals surface area (Å²) in [5.41, 5.74) is 1.42. The van der Waals surface area contributed by atoms with Gasteiger partial charge in [0, 0.05) is 41.9 Å². The predicted molar refractivity (Wildman–Crippen MR) is 144 cm³/mol. The van der Waals surface area contributed by atoms with E-state index in [9.17, 15) is 9.59 Å². The summed E-state index contributed by atoms with van der Waals surface area (Å²) in [5.74, 6) is 0.172. The summed E-state index contributed by atoms with van der Waals surface area (Å²) in [6.45, 7) is 7.53. The first-order valence-electron chi connectivity index (χ1n) is 12.8. The van der Waals surface area contributed by atoms with E-state index in [1.165, 1.54) is 6.42 Å². The molecule has 0 radical (unpaired) electrons. The molecule has 35 heavy (non-hydrogen) atoms. The summed E-state index contributed by atoms with van der Waals surface area (Å²) >= 11 is 12.5. The molecule has 1 aliphatic carbocycles. The van der Waals surface area contributed by atoms with E-state index in [1.54, 1.807) is 4.90 Å². The van der Waals surface area contributed by atoms with Crippen LogP contribution in [0.2, 0.25) is 5.02 Å². The lowest BCUT2D eigenvalue weighted by molar-refractivity contribution is -0.147. The zero-order chi connectivity index (χ0) is 25.4. The van der Waals surface area contributed by atoms with Crippen LogP contribution in [0.25, 0.3) is 0 Å². The number of alkyl halides is 1. The highest BCUT2D eigenvalue weighted by atomic mass is 35.5. The van der Waals surface area contributed by atoms with Gasteiger partial charge in [0.15, 0.2) is 0 Å². The minimum Gasteiger partial charge on any atom is -0.345 e. The summed E-state index contributed by atoms with van der Waals surface area (Å²) in [5, 5.41) is 0.739. The van der Waals surface area contributed by atoms with Gasteiger partial charge < -0.3 is 14.4 Å². The molecule has 1 aliphatic rings. The van der Waals surface area contributed by atoms with E-state index in [0.717, 1.165) is 48.4 Å². The molecule has 2 amide bonds. The van der Waals surface area contributed by atoms with Gasteiger partial charge in [0.25, 0.3) is 0 Å². The number of aromatic nitrogens is 1. The number of amides is 2. The van der Waals surface area contributed by atoms with Crippen LogP contribution in [0.3, 0.4) is 0 Å². The number of nitrogens with zero attached hydrogens (tertiary/aromatic N) is 3. The smallest absolute Gasteiger partial charge is 0.242 e.